The molecule has 0 radical (unpaired) electrons. The lowest BCUT2D eigenvalue weighted by Gasteiger charge is -2.10. The van der Waals surface area contributed by atoms with E-state index in [1.165, 1.54) is 12.1 Å². The van der Waals surface area contributed by atoms with Gasteiger partial charge in [0.2, 0.25) is 15.8 Å². The van der Waals surface area contributed by atoms with E-state index in [1.807, 2.05) is 19.0 Å². The van der Waals surface area contributed by atoms with Crippen molar-refractivity contribution < 1.29 is 18.0 Å². The van der Waals surface area contributed by atoms with Gasteiger partial charge in [-0.25, -0.2) is 13.1 Å². The van der Waals surface area contributed by atoms with E-state index in [2.05, 4.69) is 14.9 Å². The summed E-state index contributed by atoms with van der Waals surface area (Å²) in [6.45, 7) is 0.801. The number of rotatable bonds is 8. The van der Waals surface area contributed by atoms with Gasteiger partial charge in [0.1, 0.15) is 6.61 Å². The van der Waals surface area contributed by atoms with E-state index in [4.69, 9.17) is 9.63 Å². The van der Waals surface area contributed by atoms with Crippen LogP contribution in [0.1, 0.15) is 12.3 Å². The van der Waals surface area contributed by atoms with Gasteiger partial charge in [0.05, 0.1) is 4.90 Å². The van der Waals surface area contributed by atoms with E-state index < -0.39 is 10.0 Å². The van der Waals surface area contributed by atoms with E-state index in [0.717, 1.165) is 13.0 Å². The van der Waals surface area contributed by atoms with Gasteiger partial charge in [-0.3, -0.25) is 0 Å². The Kier molecular flexibility index (Phi) is 5.83. The van der Waals surface area contributed by atoms with Gasteiger partial charge in [-0.05, 0) is 39.2 Å². The molecular formula is C14H20N4O4S. The molecule has 9 heteroatoms. The standard InChI is InChI=1S/C14H20N4O4S/c1-18(2)8-4-7-15-23(20,21)12-6-3-5-11(9-12)14-16-13(10-19)22-17-14/h3,5-6,9,15,19H,4,7-8,10H2,1-2H3. The number of aromatic nitrogens is 2. The second-order valence-corrected chi connectivity index (χ2v) is 7.02. The van der Waals surface area contributed by atoms with E-state index in [-0.39, 0.29) is 23.2 Å². The summed E-state index contributed by atoms with van der Waals surface area (Å²) >= 11 is 0. The van der Waals surface area contributed by atoms with Crippen LogP contribution in [-0.2, 0) is 16.6 Å². The van der Waals surface area contributed by atoms with E-state index in [0.29, 0.717) is 12.1 Å². The fourth-order valence-corrected chi connectivity index (χ4v) is 3.04. The average Bonchev–Trinajstić information content (AvgIpc) is 3.01. The summed E-state index contributed by atoms with van der Waals surface area (Å²) < 4.78 is 32.0. The molecule has 0 aliphatic rings. The third-order valence-corrected chi connectivity index (χ3v) is 4.54. The van der Waals surface area contributed by atoms with Crippen molar-refractivity contribution in [1.82, 2.24) is 19.8 Å². The monoisotopic (exact) mass is 340 g/mol. The van der Waals surface area contributed by atoms with Gasteiger partial charge in [-0.2, -0.15) is 4.98 Å². The van der Waals surface area contributed by atoms with Gasteiger partial charge in [-0.1, -0.05) is 17.3 Å². The van der Waals surface area contributed by atoms with Gasteiger partial charge in [0, 0.05) is 12.1 Å². The third kappa shape index (κ3) is 4.83. The van der Waals surface area contributed by atoms with E-state index in [1.54, 1.807) is 12.1 Å². The Hall–Kier alpha value is -1.81. The molecule has 0 aliphatic carbocycles. The number of nitrogens with zero attached hydrogens (tertiary/aromatic N) is 3. The minimum absolute atomic E-state index is 0.0788. The van der Waals surface area contributed by atoms with Crippen LogP contribution in [0.4, 0.5) is 0 Å². The van der Waals surface area contributed by atoms with Crippen molar-refractivity contribution in [3.05, 3.63) is 30.2 Å². The molecule has 0 spiro atoms. The van der Waals surface area contributed by atoms with Crippen LogP contribution in [0.15, 0.2) is 33.7 Å². The summed E-state index contributed by atoms with van der Waals surface area (Å²) in [4.78, 5) is 6.09. The molecule has 2 aromatic rings. The minimum Gasteiger partial charge on any atom is -0.387 e. The molecule has 0 saturated carbocycles. The van der Waals surface area contributed by atoms with Crippen molar-refractivity contribution in [2.45, 2.75) is 17.9 Å². The molecule has 0 atom stereocenters. The normalized spacial score (nSPS) is 12.0. The van der Waals surface area contributed by atoms with Crippen molar-refractivity contribution in [2.24, 2.45) is 0 Å². The SMILES string of the molecule is CN(C)CCCNS(=O)(=O)c1cccc(-c2noc(CO)n2)c1. The van der Waals surface area contributed by atoms with Crippen molar-refractivity contribution in [1.29, 1.82) is 0 Å². The van der Waals surface area contributed by atoms with Gasteiger partial charge in [-0.15, -0.1) is 0 Å². The maximum Gasteiger partial charge on any atom is 0.252 e. The molecule has 1 aromatic heterocycles. The molecule has 23 heavy (non-hydrogen) atoms. The van der Waals surface area contributed by atoms with E-state index >= 15 is 0 Å². The molecule has 8 nitrogen and oxygen atoms in total. The van der Waals surface area contributed by atoms with Gasteiger partial charge in [0.25, 0.3) is 5.89 Å². The maximum atomic E-state index is 12.3. The molecule has 0 unspecified atom stereocenters. The Balaban J connectivity index is 2.11. The smallest absolute Gasteiger partial charge is 0.252 e. The molecule has 126 valence electrons. The molecule has 0 bridgehead atoms. The predicted molar refractivity (Wildman–Crippen MR) is 84.0 cm³/mol. The first-order valence-corrected chi connectivity index (χ1v) is 8.59. The fraction of sp³-hybridized carbons (Fsp3) is 0.429. The quantitative estimate of drug-likeness (QED) is 0.672. The van der Waals surface area contributed by atoms with Gasteiger partial charge in [0.15, 0.2) is 0 Å². The topological polar surface area (TPSA) is 109 Å². The highest BCUT2D eigenvalue weighted by atomic mass is 32.2. The van der Waals surface area contributed by atoms with Crippen LogP contribution in [0, 0.1) is 0 Å². The highest BCUT2D eigenvalue weighted by molar-refractivity contribution is 7.89. The predicted octanol–water partition coefficient (Wildman–Crippen LogP) is 0.459. The minimum atomic E-state index is -3.59. The summed E-state index contributed by atoms with van der Waals surface area (Å²) in [7, 11) is 0.277. The Bertz CT molecular complexity index is 743. The van der Waals surface area contributed by atoms with Gasteiger partial charge >= 0.3 is 0 Å². The number of aliphatic hydroxyl groups is 1. The zero-order valence-corrected chi connectivity index (χ0v) is 13.9. The lowest BCUT2D eigenvalue weighted by molar-refractivity contribution is 0.222. The van der Waals surface area contributed by atoms with Gasteiger partial charge < -0.3 is 14.5 Å². The van der Waals surface area contributed by atoms with Crippen LogP contribution in [0.5, 0.6) is 0 Å². The molecule has 0 fully saturated rings. The zero-order valence-electron chi connectivity index (χ0n) is 13.1. The first-order chi connectivity index (χ1) is 10.9. The van der Waals surface area contributed by atoms with Crippen LogP contribution < -0.4 is 4.72 Å². The number of hydrogen-bond donors (Lipinski definition) is 2. The van der Waals surface area contributed by atoms with E-state index in [9.17, 15) is 8.42 Å². The summed E-state index contributed by atoms with van der Waals surface area (Å²) in [6.07, 6.45) is 0.719. The van der Waals surface area contributed by atoms with Crippen molar-refractivity contribution in [2.75, 3.05) is 27.2 Å². The fourth-order valence-electron chi connectivity index (χ4n) is 1.92. The van der Waals surface area contributed by atoms with Crippen molar-refractivity contribution in [3.8, 4) is 11.4 Å². The molecule has 0 aliphatic heterocycles. The average molecular weight is 340 g/mol. The number of sulfonamides is 1. The number of nitrogens with one attached hydrogen (secondary N) is 1. The lowest BCUT2D eigenvalue weighted by Crippen LogP contribution is -2.27. The van der Waals surface area contributed by atoms with Crippen LogP contribution >= 0.6 is 0 Å². The largest absolute Gasteiger partial charge is 0.387 e. The Morgan fingerprint density at radius 3 is 2.78 bits per heavy atom. The van der Waals surface area contributed by atoms with Crippen LogP contribution in [-0.4, -0.2) is 55.7 Å². The lowest BCUT2D eigenvalue weighted by atomic mass is 10.2. The first-order valence-electron chi connectivity index (χ1n) is 7.10. The second kappa shape index (κ2) is 7.64. The molecule has 1 heterocycles. The number of hydrogen-bond acceptors (Lipinski definition) is 7. The van der Waals surface area contributed by atoms with Crippen LogP contribution in [0.3, 0.4) is 0 Å². The molecule has 2 N–H and O–H groups in total. The molecule has 2 rings (SSSR count). The first kappa shape index (κ1) is 17.5. The highest BCUT2D eigenvalue weighted by Crippen LogP contribution is 2.20. The summed E-state index contributed by atoms with van der Waals surface area (Å²) in [6, 6.07) is 6.26. The third-order valence-electron chi connectivity index (χ3n) is 3.08. The van der Waals surface area contributed by atoms with Crippen LogP contribution in [0.25, 0.3) is 11.4 Å². The van der Waals surface area contributed by atoms with Crippen molar-refractivity contribution in [3.63, 3.8) is 0 Å². The summed E-state index contributed by atoms with van der Waals surface area (Å²) in [5.74, 6) is 0.314. The Morgan fingerprint density at radius 1 is 1.35 bits per heavy atom. The molecule has 1 aromatic carbocycles. The Morgan fingerprint density at radius 2 is 2.13 bits per heavy atom. The highest BCUT2D eigenvalue weighted by Gasteiger charge is 2.16. The second-order valence-electron chi connectivity index (χ2n) is 5.25. The maximum absolute atomic E-state index is 12.3. The summed E-state index contributed by atoms with van der Waals surface area (Å²) in [5.41, 5.74) is 0.504. The number of aliphatic hydroxyl groups excluding tert-OH is 1. The molecular weight excluding hydrogens is 320 g/mol. The number of benzene rings is 1. The molecule has 0 amide bonds. The molecule has 0 saturated heterocycles. The zero-order chi connectivity index (χ0) is 16.9. The van der Waals surface area contributed by atoms with Crippen LogP contribution in [0.2, 0.25) is 0 Å². The Labute approximate surface area is 135 Å². The summed E-state index contributed by atoms with van der Waals surface area (Å²) in [5, 5.41) is 12.6. The van der Waals surface area contributed by atoms with Crippen molar-refractivity contribution >= 4 is 10.0 Å².